The highest BCUT2D eigenvalue weighted by molar-refractivity contribution is 6.21. The lowest BCUT2D eigenvalue weighted by Gasteiger charge is -2.12. The number of fused-ring (bicyclic) bond motifs is 1. The van der Waals surface area contributed by atoms with E-state index < -0.39 is 11.6 Å². The van der Waals surface area contributed by atoms with Crippen LogP contribution in [0.5, 0.6) is 0 Å². The van der Waals surface area contributed by atoms with Crippen molar-refractivity contribution in [1.82, 2.24) is 0 Å². The number of hydrogen-bond acceptors (Lipinski definition) is 0. The SMILES string of the molecule is Fc1cccc(CC(Cl)C2C3CCCC32)c1F. The summed E-state index contributed by atoms with van der Waals surface area (Å²) in [6.07, 6.45) is 4.29. The van der Waals surface area contributed by atoms with Crippen LogP contribution >= 0.6 is 11.6 Å². The zero-order chi connectivity index (χ0) is 12.0. The first-order valence-electron chi connectivity index (χ1n) is 6.25. The van der Waals surface area contributed by atoms with E-state index in [1.807, 2.05) is 0 Å². The van der Waals surface area contributed by atoms with Gasteiger partial charge in [0.05, 0.1) is 0 Å². The van der Waals surface area contributed by atoms with E-state index in [4.69, 9.17) is 11.6 Å². The first-order valence-corrected chi connectivity index (χ1v) is 6.69. The molecule has 3 atom stereocenters. The van der Waals surface area contributed by atoms with Gasteiger partial charge in [0.2, 0.25) is 0 Å². The first-order chi connectivity index (χ1) is 8.18. The Morgan fingerprint density at radius 2 is 1.94 bits per heavy atom. The van der Waals surface area contributed by atoms with Crippen molar-refractivity contribution in [3.8, 4) is 0 Å². The van der Waals surface area contributed by atoms with Crippen molar-refractivity contribution in [3.05, 3.63) is 35.4 Å². The average Bonchev–Trinajstić information content (AvgIpc) is 2.79. The fourth-order valence-electron chi connectivity index (χ4n) is 3.47. The van der Waals surface area contributed by atoms with Crippen molar-refractivity contribution < 1.29 is 8.78 Å². The summed E-state index contributed by atoms with van der Waals surface area (Å²) in [6.45, 7) is 0. The van der Waals surface area contributed by atoms with E-state index in [1.54, 1.807) is 12.1 Å². The zero-order valence-electron chi connectivity index (χ0n) is 9.50. The molecule has 0 nitrogen and oxygen atoms in total. The molecule has 17 heavy (non-hydrogen) atoms. The largest absolute Gasteiger partial charge is 0.204 e. The summed E-state index contributed by atoms with van der Waals surface area (Å²) in [5.41, 5.74) is 0.412. The molecule has 0 N–H and O–H groups in total. The van der Waals surface area contributed by atoms with Crippen LogP contribution in [0.25, 0.3) is 0 Å². The van der Waals surface area contributed by atoms with Crippen molar-refractivity contribution in [2.45, 2.75) is 31.1 Å². The summed E-state index contributed by atoms with van der Waals surface area (Å²) in [7, 11) is 0. The van der Waals surface area contributed by atoms with Gasteiger partial charge in [-0.3, -0.25) is 0 Å². The van der Waals surface area contributed by atoms with Gasteiger partial charge in [0.1, 0.15) is 0 Å². The van der Waals surface area contributed by atoms with Gasteiger partial charge >= 0.3 is 0 Å². The summed E-state index contributed by atoms with van der Waals surface area (Å²) in [5, 5.41) is -0.0402. The van der Waals surface area contributed by atoms with Crippen molar-refractivity contribution in [3.63, 3.8) is 0 Å². The lowest BCUT2D eigenvalue weighted by Crippen LogP contribution is -2.11. The first kappa shape index (κ1) is 11.5. The molecule has 0 heterocycles. The molecule has 0 spiro atoms. The standard InChI is InChI=1S/C14H15ClF2/c15-11(13-9-4-2-5-10(9)13)7-8-3-1-6-12(16)14(8)17/h1,3,6,9-11,13H,2,4-5,7H2. The van der Waals surface area contributed by atoms with Crippen molar-refractivity contribution in [2.24, 2.45) is 17.8 Å². The molecular formula is C14H15ClF2. The Kier molecular flexibility index (Phi) is 2.86. The van der Waals surface area contributed by atoms with Crippen LogP contribution in [0.1, 0.15) is 24.8 Å². The van der Waals surface area contributed by atoms with Crippen LogP contribution in [-0.4, -0.2) is 5.38 Å². The molecule has 0 aromatic heterocycles. The van der Waals surface area contributed by atoms with E-state index in [0.717, 1.165) is 17.9 Å². The van der Waals surface area contributed by atoms with Crippen LogP contribution in [0.3, 0.4) is 0 Å². The molecule has 0 radical (unpaired) electrons. The molecule has 2 aliphatic rings. The fraction of sp³-hybridized carbons (Fsp3) is 0.571. The topological polar surface area (TPSA) is 0 Å². The Balaban J connectivity index is 1.69. The Hall–Kier alpha value is -0.630. The fourth-order valence-corrected chi connectivity index (χ4v) is 4.01. The Bertz CT molecular complexity index is 422. The van der Waals surface area contributed by atoms with E-state index >= 15 is 0 Å². The van der Waals surface area contributed by atoms with E-state index in [1.165, 1.54) is 19.3 Å². The van der Waals surface area contributed by atoms with Gasteiger partial charge in [0, 0.05) is 5.38 Å². The molecule has 3 heteroatoms. The van der Waals surface area contributed by atoms with Gasteiger partial charge in [-0.05, 0) is 48.6 Å². The van der Waals surface area contributed by atoms with Gasteiger partial charge in [0.15, 0.2) is 11.6 Å². The average molecular weight is 257 g/mol. The van der Waals surface area contributed by atoms with Gasteiger partial charge in [-0.2, -0.15) is 0 Å². The van der Waals surface area contributed by atoms with E-state index in [0.29, 0.717) is 17.9 Å². The van der Waals surface area contributed by atoms with E-state index in [2.05, 4.69) is 0 Å². The minimum Gasteiger partial charge on any atom is -0.204 e. The molecule has 0 amide bonds. The highest BCUT2D eigenvalue weighted by Gasteiger charge is 2.55. The highest BCUT2D eigenvalue weighted by Crippen LogP contribution is 2.60. The third-order valence-corrected chi connectivity index (χ3v) is 4.78. The molecule has 2 saturated carbocycles. The van der Waals surface area contributed by atoms with Crippen molar-refractivity contribution in [2.75, 3.05) is 0 Å². The third-order valence-electron chi connectivity index (χ3n) is 4.34. The Morgan fingerprint density at radius 1 is 1.24 bits per heavy atom. The van der Waals surface area contributed by atoms with Crippen LogP contribution in [0, 0.1) is 29.4 Å². The Labute approximate surface area is 105 Å². The minimum atomic E-state index is -0.776. The van der Waals surface area contributed by atoms with Crippen molar-refractivity contribution >= 4 is 11.6 Å². The maximum absolute atomic E-state index is 13.5. The predicted molar refractivity (Wildman–Crippen MR) is 64.0 cm³/mol. The molecule has 3 unspecified atom stereocenters. The lowest BCUT2D eigenvalue weighted by molar-refractivity contribution is 0.490. The smallest absolute Gasteiger partial charge is 0.162 e. The Morgan fingerprint density at radius 3 is 2.65 bits per heavy atom. The second-order valence-corrected chi connectivity index (χ2v) is 5.83. The number of hydrogen-bond donors (Lipinski definition) is 0. The van der Waals surface area contributed by atoms with Crippen LogP contribution in [-0.2, 0) is 6.42 Å². The van der Waals surface area contributed by atoms with Gasteiger partial charge < -0.3 is 0 Å². The summed E-state index contributed by atoms with van der Waals surface area (Å²) in [5.74, 6) is 0.544. The summed E-state index contributed by atoms with van der Waals surface area (Å²) < 4.78 is 26.6. The number of rotatable bonds is 3. The monoisotopic (exact) mass is 256 g/mol. The molecule has 1 aromatic rings. The van der Waals surface area contributed by atoms with Gasteiger partial charge in [0.25, 0.3) is 0 Å². The summed E-state index contributed by atoms with van der Waals surface area (Å²) >= 11 is 6.35. The third kappa shape index (κ3) is 1.97. The number of benzene rings is 1. The zero-order valence-corrected chi connectivity index (χ0v) is 10.3. The second-order valence-electron chi connectivity index (χ2n) is 5.27. The summed E-state index contributed by atoms with van der Waals surface area (Å²) in [4.78, 5) is 0. The molecule has 1 aromatic carbocycles. The predicted octanol–water partition coefficient (Wildman–Crippen LogP) is 4.16. The maximum atomic E-state index is 13.5. The quantitative estimate of drug-likeness (QED) is 0.713. The van der Waals surface area contributed by atoms with Crippen LogP contribution in [0.15, 0.2) is 18.2 Å². The van der Waals surface area contributed by atoms with E-state index in [-0.39, 0.29) is 5.38 Å². The molecule has 92 valence electrons. The summed E-state index contributed by atoms with van der Waals surface area (Å²) in [6, 6.07) is 4.32. The van der Waals surface area contributed by atoms with Crippen LogP contribution in [0.4, 0.5) is 8.78 Å². The molecule has 2 aliphatic carbocycles. The number of alkyl halides is 1. The number of halogens is 3. The van der Waals surface area contributed by atoms with Gasteiger partial charge in [-0.15, -0.1) is 11.6 Å². The van der Waals surface area contributed by atoms with Crippen LogP contribution < -0.4 is 0 Å². The maximum Gasteiger partial charge on any atom is 0.162 e. The van der Waals surface area contributed by atoms with E-state index in [9.17, 15) is 8.78 Å². The normalized spacial score (nSPS) is 32.3. The van der Waals surface area contributed by atoms with Crippen LogP contribution in [0.2, 0.25) is 0 Å². The van der Waals surface area contributed by atoms with Gasteiger partial charge in [-0.1, -0.05) is 18.6 Å². The lowest BCUT2D eigenvalue weighted by atomic mass is 10.0. The van der Waals surface area contributed by atoms with Gasteiger partial charge in [-0.25, -0.2) is 8.78 Å². The molecular weight excluding hydrogens is 242 g/mol. The molecule has 3 rings (SSSR count). The highest BCUT2D eigenvalue weighted by atomic mass is 35.5. The second kappa shape index (κ2) is 4.24. The molecule has 0 aliphatic heterocycles. The molecule has 2 fully saturated rings. The molecule has 0 bridgehead atoms. The minimum absolute atomic E-state index is 0.0402. The molecule has 0 saturated heterocycles. The van der Waals surface area contributed by atoms with Crippen molar-refractivity contribution in [1.29, 1.82) is 0 Å².